The molecule has 0 aromatic carbocycles. The van der Waals surface area contributed by atoms with E-state index in [2.05, 4.69) is 16.8 Å². The van der Waals surface area contributed by atoms with E-state index in [1.165, 1.54) is 0 Å². The summed E-state index contributed by atoms with van der Waals surface area (Å²) in [5.74, 6) is 0. The predicted molar refractivity (Wildman–Crippen MR) is 59.9 cm³/mol. The molecule has 4 heteroatoms. The van der Waals surface area contributed by atoms with Crippen LogP contribution in [-0.4, -0.2) is 36.9 Å². The molecular weight excluding hydrogens is 192 g/mol. The van der Waals surface area contributed by atoms with E-state index >= 15 is 0 Å². The van der Waals surface area contributed by atoms with Crippen LogP contribution in [0.3, 0.4) is 0 Å². The lowest BCUT2D eigenvalue weighted by atomic mass is 10.2. The SMILES string of the molecule is CCN(CCOC)c1ccncc1CO. The second-order valence-electron chi connectivity index (χ2n) is 3.23. The van der Waals surface area contributed by atoms with Crippen molar-refractivity contribution in [3.05, 3.63) is 24.0 Å². The van der Waals surface area contributed by atoms with Gasteiger partial charge in [-0.15, -0.1) is 0 Å². The van der Waals surface area contributed by atoms with E-state index in [0.717, 1.165) is 24.3 Å². The number of rotatable bonds is 6. The van der Waals surface area contributed by atoms with Crippen molar-refractivity contribution in [2.75, 3.05) is 31.7 Å². The molecule has 84 valence electrons. The summed E-state index contributed by atoms with van der Waals surface area (Å²) in [5, 5.41) is 9.19. The van der Waals surface area contributed by atoms with Crippen LogP contribution >= 0.6 is 0 Å². The maximum atomic E-state index is 9.19. The Balaban J connectivity index is 2.80. The highest BCUT2D eigenvalue weighted by molar-refractivity contribution is 5.51. The fourth-order valence-corrected chi connectivity index (χ4v) is 1.50. The van der Waals surface area contributed by atoms with Crippen molar-refractivity contribution in [2.24, 2.45) is 0 Å². The van der Waals surface area contributed by atoms with Crippen molar-refractivity contribution < 1.29 is 9.84 Å². The Kier molecular flexibility index (Phi) is 5.07. The molecule has 15 heavy (non-hydrogen) atoms. The summed E-state index contributed by atoms with van der Waals surface area (Å²) in [4.78, 5) is 6.16. The molecule has 0 bridgehead atoms. The van der Waals surface area contributed by atoms with Gasteiger partial charge in [-0.2, -0.15) is 0 Å². The van der Waals surface area contributed by atoms with Crippen LogP contribution in [0.4, 0.5) is 5.69 Å². The molecule has 0 aliphatic rings. The Morgan fingerprint density at radius 2 is 2.33 bits per heavy atom. The summed E-state index contributed by atoms with van der Waals surface area (Å²) in [6, 6.07) is 1.92. The number of ether oxygens (including phenoxy) is 1. The van der Waals surface area contributed by atoms with Crippen LogP contribution in [0.1, 0.15) is 12.5 Å². The normalized spacial score (nSPS) is 10.3. The average Bonchev–Trinajstić information content (AvgIpc) is 2.30. The van der Waals surface area contributed by atoms with Gasteiger partial charge < -0.3 is 14.7 Å². The monoisotopic (exact) mass is 210 g/mol. The number of pyridine rings is 1. The standard InChI is InChI=1S/C11H18N2O2/c1-3-13(6-7-15-2)11-4-5-12-8-10(11)9-14/h4-5,8,14H,3,6-7,9H2,1-2H3. The maximum absolute atomic E-state index is 9.19. The van der Waals surface area contributed by atoms with Gasteiger partial charge in [0.05, 0.1) is 13.2 Å². The fourth-order valence-electron chi connectivity index (χ4n) is 1.50. The van der Waals surface area contributed by atoms with Gasteiger partial charge in [0, 0.05) is 43.8 Å². The van der Waals surface area contributed by atoms with E-state index in [1.54, 1.807) is 19.5 Å². The molecule has 0 aliphatic carbocycles. The number of aliphatic hydroxyl groups excluding tert-OH is 1. The molecule has 0 radical (unpaired) electrons. The van der Waals surface area contributed by atoms with Gasteiger partial charge in [-0.25, -0.2) is 0 Å². The van der Waals surface area contributed by atoms with Gasteiger partial charge in [0.25, 0.3) is 0 Å². The lowest BCUT2D eigenvalue weighted by Gasteiger charge is -2.24. The van der Waals surface area contributed by atoms with Gasteiger partial charge in [0.15, 0.2) is 0 Å². The van der Waals surface area contributed by atoms with E-state index in [0.29, 0.717) is 6.61 Å². The summed E-state index contributed by atoms with van der Waals surface area (Å²) < 4.78 is 5.05. The van der Waals surface area contributed by atoms with E-state index < -0.39 is 0 Å². The van der Waals surface area contributed by atoms with Crippen LogP contribution < -0.4 is 4.90 Å². The third-order valence-corrected chi connectivity index (χ3v) is 2.34. The summed E-state index contributed by atoms with van der Waals surface area (Å²) in [7, 11) is 1.69. The number of hydrogen-bond donors (Lipinski definition) is 1. The second-order valence-corrected chi connectivity index (χ2v) is 3.23. The quantitative estimate of drug-likeness (QED) is 0.762. The van der Waals surface area contributed by atoms with Crippen LogP contribution in [-0.2, 0) is 11.3 Å². The first kappa shape index (κ1) is 11.9. The zero-order chi connectivity index (χ0) is 11.1. The Morgan fingerprint density at radius 3 is 2.93 bits per heavy atom. The van der Waals surface area contributed by atoms with Gasteiger partial charge >= 0.3 is 0 Å². The van der Waals surface area contributed by atoms with Gasteiger partial charge in [-0.1, -0.05) is 0 Å². The third kappa shape index (κ3) is 3.18. The first-order chi connectivity index (χ1) is 7.33. The van der Waals surface area contributed by atoms with E-state index in [1.807, 2.05) is 6.07 Å². The Labute approximate surface area is 90.5 Å². The average molecular weight is 210 g/mol. The lowest BCUT2D eigenvalue weighted by molar-refractivity contribution is 0.205. The molecule has 0 spiro atoms. The van der Waals surface area contributed by atoms with Crippen molar-refractivity contribution in [1.29, 1.82) is 0 Å². The van der Waals surface area contributed by atoms with E-state index in [9.17, 15) is 5.11 Å². The lowest BCUT2D eigenvalue weighted by Crippen LogP contribution is -2.27. The smallest absolute Gasteiger partial charge is 0.0717 e. The van der Waals surface area contributed by atoms with Crippen molar-refractivity contribution in [2.45, 2.75) is 13.5 Å². The molecule has 1 aromatic rings. The Hall–Kier alpha value is -1.13. The van der Waals surface area contributed by atoms with Crippen molar-refractivity contribution >= 4 is 5.69 Å². The Morgan fingerprint density at radius 1 is 1.53 bits per heavy atom. The minimum atomic E-state index is 0.0205. The van der Waals surface area contributed by atoms with Crippen LogP contribution in [0, 0.1) is 0 Å². The maximum Gasteiger partial charge on any atom is 0.0717 e. The largest absolute Gasteiger partial charge is 0.392 e. The molecule has 0 unspecified atom stereocenters. The topological polar surface area (TPSA) is 45.6 Å². The fraction of sp³-hybridized carbons (Fsp3) is 0.545. The van der Waals surface area contributed by atoms with Crippen molar-refractivity contribution in [3.63, 3.8) is 0 Å². The van der Waals surface area contributed by atoms with Gasteiger partial charge in [-0.05, 0) is 13.0 Å². The molecule has 0 aliphatic heterocycles. The van der Waals surface area contributed by atoms with Crippen molar-refractivity contribution in [3.8, 4) is 0 Å². The molecule has 0 fully saturated rings. The number of aromatic nitrogens is 1. The van der Waals surface area contributed by atoms with E-state index in [-0.39, 0.29) is 6.61 Å². The summed E-state index contributed by atoms with van der Waals surface area (Å²) >= 11 is 0. The molecule has 4 nitrogen and oxygen atoms in total. The Bertz CT molecular complexity index is 292. The number of aliphatic hydroxyl groups is 1. The van der Waals surface area contributed by atoms with E-state index in [4.69, 9.17) is 4.74 Å². The molecule has 0 saturated heterocycles. The van der Waals surface area contributed by atoms with Crippen molar-refractivity contribution in [1.82, 2.24) is 4.98 Å². The molecule has 1 heterocycles. The van der Waals surface area contributed by atoms with Gasteiger partial charge in [0.2, 0.25) is 0 Å². The predicted octanol–water partition coefficient (Wildman–Crippen LogP) is 1.05. The van der Waals surface area contributed by atoms with Gasteiger partial charge in [-0.3, -0.25) is 4.98 Å². The highest BCUT2D eigenvalue weighted by atomic mass is 16.5. The third-order valence-electron chi connectivity index (χ3n) is 2.34. The van der Waals surface area contributed by atoms with Crippen LogP contribution in [0.2, 0.25) is 0 Å². The highest BCUT2D eigenvalue weighted by Gasteiger charge is 2.08. The number of nitrogens with zero attached hydrogens (tertiary/aromatic N) is 2. The highest BCUT2D eigenvalue weighted by Crippen LogP contribution is 2.18. The molecule has 0 amide bonds. The minimum Gasteiger partial charge on any atom is -0.392 e. The first-order valence-corrected chi connectivity index (χ1v) is 5.11. The van der Waals surface area contributed by atoms with Crippen LogP contribution in [0.25, 0.3) is 0 Å². The zero-order valence-corrected chi connectivity index (χ0v) is 9.31. The molecule has 0 saturated carbocycles. The zero-order valence-electron chi connectivity index (χ0n) is 9.31. The summed E-state index contributed by atoms with van der Waals surface area (Å²) in [6.45, 7) is 4.50. The number of anilines is 1. The van der Waals surface area contributed by atoms with Crippen LogP contribution in [0.5, 0.6) is 0 Å². The first-order valence-electron chi connectivity index (χ1n) is 5.11. The molecule has 1 rings (SSSR count). The summed E-state index contributed by atoms with van der Waals surface area (Å²) in [5.41, 5.74) is 1.89. The van der Waals surface area contributed by atoms with Crippen LogP contribution in [0.15, 0.2) is 18.5 Å². The number of hydrogen-bond acceptors (Lipinski definition) is 4. The second kappa shape index (κ2) is 6.37. The number of likely N-dealkylation sites (N-methyl/N-ethyl adjacent to an activating group) is 1. The molecule has 0 atom stereocenters. The minimum absolute atomic E-state index is 0.0205. The summed E-state index contributed by atoms with van der Waals surface area (Å²) in [6.07, 6.45) is 3.44. The van der Waals surface area contributed by atoms with Gasteiger partial charge in [0.1, 0.15) is 0 Å². The molecular formula is C11H18N2O2. The molecule has 1 aromatic heterocycles. The molecule has 1 N–H and O–H groups in total. The number of methoxy groups -OCH3 is 1.